The van der Waals surface area contributed by atoms with Crippen LogP contribution in [0.1, 0.15) is 25.3 Å². The number of nitrogens with two attached hydrogens (primary N) is 1. The topological polar surface area (TPSA) is 93.3 Å². The number of carbonyl (C=O) groups is 2. The predicted octanol–water partition coefficient (Wildman–Crippen LogP) is 2.99. The zero-order valence-electron chi connectivity index (χ0n) is 17.6. The number of anilines is 1. The molecule has 0 spiro atoms. The number of benzene rings is 2. The van der Waals surface area contributed by atoms with Gasteiger partial charge in [-0.3, -0.25) is 14.5 Å². The summed E-state index contributed by atoms with van der Waals surface area (Å²) in [4.78, 5) is 26.3. The van der Waals surface area contributed by atoms with E-state index in [1.807, 2.05) is 53.4 Å². The largest absolute Gasteiger partial charge is 0.368 e. The van der Waals surface area contributed by atoms with Crippen LogP contribution >= 0.6 is 0 Å². The molecule has 3 aromatic rings. The molecule has 7 nitrogen and oxygen atoms in total. The molecule has 0 aliphatic carbocycles. The number of nitrogens with zero attached hydrogens (tertiary/aromatic N) is 3. The summed E-state index contributed by atoms with van der Waals surface area (Å²) in [5, 5.41) is 7.72. The Morgan fingerprint density at radius 2 is 1.87 bits per heavy atom. The highest BCUT2D eigenvalue weighted by Gasteiger charge is 2.30. The van der Waals surface area contributed by atoms with Gasteiger partial charge in [-0.2, -0.15) is 5.10 Å². The maximum absolute atomic E-state index is 12.8. The molecule has 1 aliphatic rings. The Morgan fingerprint density at radius 1 is 1.13 bits per heavy atom. The number of aryl methyl sites for hydroxylation is 1. The van der Waals surface area contributed by atoms with E-state index >= 15 is 0 Å². The number of primary amides is 1. The molecule has 0 radical (unpaired) electrons. The fourth-order valence-corrected chi connectivity index (χ4v) is 3.99. The Balaban J connectivity index is 1.60. The van der Waals surface area contributed by atoms with Crippen molar-refractivity contribution in [3.63, 3.8) is 0 Å². The average Bonchev–Trinajstić information content (AvgIpc) is 3.41. The van der Waals surface area contributed by atoms with Crippen LogP contribution in [0.3, 0.4) is 0 Å². The minimum atomic E-state index is -0.377. The second-order valence-electron chi connectivity index (χ2n) is 7.79. The molecule has 31 heavy (non-hydrogen) atoms. The minimum absolute atomic E-state index is 0.119. The third-order valence-corrected chi connectivity index (χ3v) is 5.67. The van der Waals surface area contributed by atoms with Crippen LogP contribution in [0.15, 0.2) is 60.7 Å². The monoisotopic (exact) mass is 417 g/mol. The second-order valence-corrected chi connectivity index (χ2v) is 7.79. The van der Waals surface area contributed by atoms with E-state index in [4.69, 9.17) is 10.8 Å². The van der Waals surface area contributed by atoms with Gasteiger partial charge in [-0.15, -0.1) is 0 Å². The summed E-state index contributed by atoms with van der Waals surface area (Å²) in [6.07, 6.45) is 2.53. The smallest absolute Gasteiger partial charge is 0.239 e. The maximum atomic E-state index is 12.8. The van der Waals surface area contributed by atoms with Gasteiger partial charge in [0.2, 0.25) is 11.8 Å². The summed E-state index contributed by atoms with van der Waals surface area (Å²) in [6.45, 7) is 2.93. The zero-order valence-corrected chi connectivity index (χ0v) is 17.6. The first-order valence-electron chi connectivity index (χ1n) is 10.6. The lowest BCUT2D eigenvalue weighted by atomic mass is 10.1. The van der Waals surface area contributed by atoms with Gasteiger partial charge < -0.3 is 11.1 Å². The summed E-state index contributed by atoms with van der Waals surface area (Å²) in [5.41, 5.74) is 9.35. The van der Waals surface area contributed by atoms with Gasteiger partial charge in [0.15, 0.2) is 0 Å². The lowest BCUT2D eigenvalue weighted by Crippen LogP contribution is -2.43. The summed E-state index contributed by atoms with van der Waals surface area (Å²) >= 11 is 0. The first-order valence-corrected chi connectivity index (χ1v) is 10.6. The van der Waals surface area contributed by atoms with Gasteiger partial charge in [0, 0.05) is 11.6 Å². The van der Waals surface area contributed by atoms with Crippen molar-refractivity contribution < 1.29 is 9.59 Å². The number of hydrogen-bond acceptors (Lipinski definition) is 4. The first kappa shape index (κ1) is 20.8. The highest BCUT2D eigenvalue weighted by atomic mass is 16.2. The molecule has 1 atom stereocenters. The molecule has 1 unspecified atom stereocenters. The van der Waals surface area contributed by atoms with Crippen LogP contribution in [0.5, 0.6) is 0 Å². The molecule has 3 N–H and O–H groups in total. The number of carbonyl (C=O) groups excluding carboxylic acids is 2. The van der Waals surface area contributed by atoms with Crippen molar-refractivity contribution in [1.82, 2.24) is 14.7 Å². The number of rotatable bonds is 7. The van der Waals surface area contributed by atoms with Gasteiger partial charge in [0.1, 0.15) is 5.82 Å². The van der Waals surface area contributed by atoms with Crippen LogP contribution in [0.2, 0.25) is 0 Å². The van der Waals surface area contributed by atoms with E-state index in [1.165, 1.54) is 5.56 Å². The Kier molecular flexibility index (Phi) is 6.13. The summed E-state index contributed by atoms with van der Waals surface area (Å²) in [5.74, 6) is 0.0103. The van der Waals surface area contributed by atoms with E-state index in [0.29, 0.717) is 18.8 Å². The quantitative estimate of drug-likeness (QED) is 0.618. The van der Waals surface area contributed by atoms with Crippen molar-refractivity contribution >= 4 is 17.6 Å². The number of nitrogens with one attached hydrogen (secondary N) is 1. The second kappa shape index (κ2) is 9.14. The third-order valence-electron chi connectivity index (χ3n) is 5.67. The molecule has 160 valence electrons. The number of amides is 2. The fourth-order valence-electron chi connectivity index (χ4n) is 3.99. The van der Waals surface area contributed by atoms with Crippen molar-refractivity contribution in [2.75, 3.05) is 18.4 Å². The highest BCUT2D eigenvalue weighted by molar-refractivity contribution is 5.93. The number of para-hydroxylation sites is 1. The van der Waals surface area contributed by atoms with Crippen LogP contribution in [0, 0.1) is 0 Å². The van der Waals surface area contributed by atoms with Gasteiger partial charge in [-0.1, -0.05) is 49.4 Å². The van der Waals surface area contributed by atoms with Gasteiger partial charge in [-0.05, 0) is 43.5 Å². The van der Waals surface area contributed by atoms with E-state index in [0.717, 1.165) is 29.8 Å². The molecule has 2 amide bonds. The van der Waals surface area contributed by atoms with Crippen LogP contribution in [0.25, 0.3) is 16.9 Å². The molecule has 1 aliphatic heterocycles. The van der Waals surface area contributed by atoms with E-state index in [-0.39, 0.29) is 24.4 Å². The van der Waals surface area contributed by atoms with Crippen molar-refractivity contribution in [2.45, 2.75) is 32.2 Å². The normalized spacial score (nSPS) is 16.4. The number of aromatic nitrogens is 2. The SMILES string of the molecule is CCc1ccc(-c2cc(NC(=O)CN3CCCC3C(N)=O)n(-c3ccccc3)n2)cc1. The van der Waals surface area contributed by atoms with E-state index in [1.54, 1.807) is 4.68 Å². The van der Waals surface area contributed by atoms with E-state index in [2.05, 4.69) is 24.4 Å². The Labute approximate surface area is 181 Å². The lowest BCUT2D eigenvalue weighted by molar-refractivity contribution is -0.123. The molecule has 2 heterocycles. The molecule has 7 heteroatoms. The van der Waals surface area contributed by atoms with E-state index < -0.39 is 0 Å². The summed E-state index contributed by atoms with van der Waals surface area (Å²) in [7, 11) is 0. The van der Waals surface area contributed by atoms with Gasteiger partial charge in [-0.25, -0.2) is 4.68 Å². The molecule has 0 saturated carbocycles. The molecular formula is C24H27N5O2. The maximum Gasteiger partial charge on any atom is 0.239 e. The Morgan fingerprint density at radius 3 is 2.55 bits per heavy atom. The Hall–Kier alpha value is -3.45. The summed E-state index contributed by atoms with van der Waals surface area (Å²) in [6, 6.07) is 19.4. The molecule has 2 aromatic carbocycles. The average molecular weight is 418 g/mol. The van der Waals surface area contributed by atoms with Crippen LogP contribution in [-0.4, -0.2) is 45.6 Å². The first-order chi connectivity index (χ1) is 15.0. The molecule has 1 fully saturated rings. The van der Waals surface area contributed by atoms with Crippen LogP contribution < -0.4 is 11.1 Å². The van der Waals surface area contributed by atoms with E-state index in [9.17, 15) is 9.59 Å². The van der Waals surface area contributed by atoms with Gasteiger partial charge >= 0.3 is 0 Å². The molecule has 0 bridgehead atoms. The van der Waals surface area contributed by atoms with Gasteiger partial charge in [0.25, 0.3) is 0 Å². The third kappa shape index (κ3) is 4.67. The van der Waals surface area contributed by atoms with Crippen molar-refractivity contribution in [1.29, 1.82) is 0 Å². The molecule has 4 rings (SSSR count). The lowest BCUT2D eigenvalue weighted by Gasteiger charge is -2.21. The standard InChI is InChI=1S/C24H27N5O2/c1-2-17-10-12-18(13-11-17)20-15-22(29(27-20)19-7-4-3-5-8-19)26-23(30)16-28-14-6-9-21(28)24(25)31/h3-5,7-8,10-13,15,21H,2,6,9,14,16H2,1H3,(H2,25,31)(H,26,30). The van der Waals surface area contributed by atoms with Crippen molar-refractivity contribution in [2.24, 2.45) is 5.73 Å². The zero-order chi connectivity index (χ0) is 21.8. The number of likely N-dealkylation sites (tertiary alicyclic amines) is 1. The minimum Gasteiger partial charge on any atom is -0.368 e. The summed E-state index contributed by atoms with van der Waals surface area (Å²) < 4.78 is 1.73. The molecular weight excluding hydrogens is 390 g/mol. The van der Waals surface area contributed by atoms with Crippen molar-refractivity contribution in [3.8, 4) is 16.9 Å². The van der Waals surface area contributed by atoms with Crippen LogP contribution in [0.4, 0.5) is 5.82 Å². The fraction of sp³-hybridized carbons (Fsp3) is 0.292. The molecule has 1 aromatic heterocycles. The van der Waals surface area contributed by atoms with Crippen molar-refractivity contribution in [3.05, 3.63) is 66.2 Å². The highest BCUT2D eigenvalue weighted by Crippen LogP contribution is 2.25. The molecule has 1 saturated heterocycles. The van der Waals surface area contributed by atoms with Gasteiger partial charge in [0.05, 0.1) is 24.0 Å². The predicted molar refractivity (Wildman–Crippen MR) is 121 cm³/mol. The Bertz CT molecular complexity index is 1060. The number of hydrogen-bond donors (Lipinski definition) is 2. The van der Waals surface area contributed by atoms with Crippen LogP contribution in [-0.2, 0) is 16.0 Å².